The smallest absolute Gasteiger partial charge is 0.123 e. The van der Waals surface area contributed by atoms with Crippen molar-refractivity contribution in [3.63, 3.8) is 0 Å². The highest BCUT2D eigenvalue weighted by molar-refractivity contribution is 5.34. The van der Waals surface area contributed by atoms with Crippen molar-refractivity contribution < 1.29 is 14.6 Å². The van der Waals surface area contributed by atoms with Gasteiger partial charge in [-0.2, -0.15) is 0 Å². The van der Waals surface area contributed by atoms with E-state index in [1.54, 1.807) is 6.92 Å². The molecule has 1 rings (SSSR count). The SMILES string of the molecule is CC(O)CCCNC(C)c1cc(F)ccc1O. The van der Waals surface area contributed by atoms with Crippen LogP contribution in [-0.2, 0) is 0 Å². The Morgan fingerprint density at radius 1 is 1.35 bits per heavy atom. The first-order valence-electron chi connectivity index (χ1n) is 5.90. The van der Waals surface area contributed by atoms with Gasteiger partial charge in [-0.05, 0) is 51.4 Å². The fraction of sp³-hybridized carbons (Fsp3) is 0.538. The van der Waals surface area contributed by atoms with Crippen LogP contribution >= 0.6 is 0 Å². The number of nitrogens with one attached hydrogen (secondary N) is 1. The Labute approximate surface area is 101 Å². The summed E-state index contributed by atoms with van der Waals surface area (Å²) in [7, 11) is 0. The van der Waals surface area contributed by atoms with Crippen molar-refractivity contribution in [1.29, 1.82) is 0 Å². The Bertz CT molecular complexity index is 355. The van der Waals surface area contributed by atoms with E-state index in [0.29, 0.717) is 5.56 Å². The molecule has 0 amide bonds. The second-order valence-electron chi connectivity index (χ2n) is 4.37. The topological polar surface area (TPSA) is 52.5 Å². The van der Waals surface area contributed by atoms with Gasteiger partial charge in [-0.15, -0.1) is 0 Å². The largest absolute Gasteiger partial charge is 0.508 e. The highest BCUT2D eigenvalue weighted by Gasteiger charge is 2.10. The second kappa shape index (κ2) is 6.57. The number of hydrogen-bond acceptors (Lipinski definition) is 3. The molecule has 3 N–H and O–H groups in total. The summed E-state index contributed by atoms with van der Waals surface area (Å²) in [5, 5.41) is 21.9. The third-order valence-electron chi connectivity index (χ3n) is 2.71. The molecule has 3 nitrogen and oxygen atoms in total. The number of rotatable bonds is 6. The van der Waals surface area contributed by atoms with Crippen LogP contribution in [0.25, 0.3) is 0 Å². The van der Waals surface area contributed by atoms with Crippen molar-refractivity contribution in [1.82, 2.24) is 5.32 Å². The van der Waals surface area contributed by atoms with Crippen LogP contribution in [0, 0.1) is 5.82 Å². The molecule has 0 aliphatic rings. The van der Waals surface area contributed by atoms with E-state index in [0.717, 1.165) is 19.4 Å². The molecular weight excluding hydrogens is 221 g/mol. The van der Waals surface area contributed by atoms with Gasteiger partial charge in [0.25, 0.3) is 0 Å². The normalized spacial score (nSPS) is 14.6. The van der Waals surface area contributed by atoms with Crippen molar-refractivity contribution >= 4 is 0 Å². The number of phenols is 1. The molecule has 1 aromatic carbocycles. The minimum Gasteiger partial charge on any atom is -0.508 e. The number of aliphatic hydroxyl groups excluding tert-OH is 1. The molecule has 0 aliphatic carbocycles. The summed E-state index contributed by atoms with van der Waals surface area (Å²) in [5.74, 6) is -0.252. The number of phenolic OH excluding ortho intramolecular Hbond substituents is 1. The Morgan fingerprint density at radius 2 is 2.06 bits per heavy atom. The van der Waals surface area contributed by atoms with Crippen molar-refractivity contribution in [2.24, 2.45) is 0 Å². The summed E-state index contributed by atoms with van der Waals surface area (Å²) in [5.41, 5.74) is 0.557. The first kappa shape index (κ1) is 13.9. The summed E-state index contributed by atoms with van der Waals surface area (Å²) >= 11 is 0. The summed E-state index contributed by atoms with van der Waals surface area (Å²) in [6, 6.07) is 3.82. The monoisotopic (exact) mass is 241 g/mol. The molecule has 0 aliphatic heterocycles. The van der Waals surface area contributed by atoms with Gasteiger partial charge >= 0.3 is 0 Å². The molecule has 2 unspecified atom stereocenters. The first-order valence-corrected chi connectivity index (χ1v) is 5.90. The maximum atomic E-state index is 13.0. The zero-order chi connectivity index (χ0) is 12.8. The maximum absolute atomic E-state index is 13.0. The van der Waals surface area contributed by atoms with Gasteiger partial charge in [0.15, 0.2) is 0 Å². The molecule has 17 heavy (non-hydrogen) atoms. The number of aliphatic hydroxyl groups is 1. The van der Waals surface area contributed by atoms with E-state index >= 15 is 0 Å². The molecule has 1 aromatic rings. The van der Waals surface area contributed by atoms with Crippen LogP contribution in [-0.4, -0.2) is 22.9 Å². The average molecular weight is 241 g/mol. The Balaban J connectivity index is 2.46. The van der Waals surface area contributed by atoms with Crippen LogP contribution in [0.2, 0.25) is 0 Å². The molecule has 0 heterocycles. The maximum Gasteiger partial charge on any atom is 0.123 e. The Kier molecular flexibility index (Phi) is 5.38. The predicted octanol–water partition coefficient (Wildman–Crippen LogP) is 2.34. The van der Waals surface area contributed by atoms with Gasteiger partial charge in [-0.3, -0.25) is 0 Å². The van der Waals surface area contributed by atoms with Gasteiger partial charge in [0.1, 0.15) is 11.6 Å². The van der Waals surface area contributed by atoms with Crippen LogP contribution in [0.5, 0.6) is 5.75 Å². The quantitative estimate of drug-likeness (QED) is 0.670. The van der Waals surface area contributed by atoms with Crippen molar-refractivity contribution in [3.05, 3.63) is 29.6 Å². The fourth-order valence-electron chi connectivity index (χ4n) is 1.70. The zero-order valence-corrected chi connectivity index (χ0v) is 10.3. The molecule has 0 bridgehead atoms. The minimum atomic E-state index is -0.351. The zero-order valence-electron chi connectivity index (χ0n) is 10.3. The lowest BCUT2D eigenvalue weighted by Crippen LogP contribution is -2.21. The molecule has 4 heteroatoms. The lowest BCUT2D eigenvalue weighted by molar-refractivity contribution is 0.181. The molecule has 2 atom stereocenters. The summed E-state index contributed by atoms with van der Waals surface area (Å²) < 4.78 is 13.0. The van der Waals surface area contributed by atoms with E-state index in [9.17, 15) is 9.50 Å². The third-order valence-corrected chi connectivity index (χ3v) is 2.71. The molecule has 0 radical (unpaired) electrons. The van der Waals surface area contributed by atoms with Crippen LogP contribution in [0.1, 0.15) is 38.3 Å². The van der Waals surface area contributed by atoms with Gasteiger partial charge in [0.2, 0.25) is 0 Å². The number of aromatic hydroxyl groups is 1. The predicted molar refractivity (Wildman–Crippen MR) is 65.4 cm³/mol. The molecular formula is C13H20FNO2. The molecule has 96 valence electrons. The van der Waals surface area contributed by atoms with Gasteiger partial charge in [0.05, 0.1) is 6.10 Å². The van der Waals surface area contributed by atoms with Crippen molar-refractivity contribution in [2.45, 2.75) is 38.8 Å². The van der Waals surface area contributed by atoms with Crippen molar-refractivity contribution in [2.75, 3.05) is 6.54 Å². The molecule has 0 spiro atoms. The highest BCUT2D eigenvalue weighted by atomic mass is 19.1. The second-order valence-corrected chi connectivity index (χ2v) is 4.37. The summed E-state index contributed by atoms with van der Waals surface area (Å²) in [4.78, 5) is 0. The Hall–Kier alpha value is -1.13. The van der Waals surface area contributed by atoms with Gasteiger partial charge in [-0.25, -0.2) is 4.39 Å². The van der Waals surface area contributed by atoms with Gasteiger partial charge in [-0.1, -0.05) is 0 Å². The average Bonchev–Trinajstić information content (AvgIpc) is 2.27. The fourth-order valence-corrected chi connectivity index (χ4v) is 1.70. The van der Waals surface area contributed by atoms with E-state index in [1.807, 2.05) is 6.92 Å². The molecule has 0 fully saturated rings. The van der Waals surface area contributed by atoms with Crippen LogP contribution in [0.4, 0.5) is 4.39 Å². The minimum absolute atomic E-state index is 0.0990. The third kappa shape index (κ3) is 4.71. The number of halogens is 1. The van der Waals surface area contributed by atoms with Crippen LogP contribution in [0.15, 0.2) is 18.2 Å². The van der Waals surface area contributed by atoms with E-state index in [-0.39, 0.29) is 23.7 Å². The summed E-state index contributed by atoms with van der Waals surface area (Å²) in [6.45, 7) is 4.35. The Morgan fingerprint density at radius 3 is 2.71 bits per heavy atom. The van der Waals surface area contributed by atoms with E-state index in [4.69, 9.17) is 5.11 Å². The number of benzene rings is 1. The van der Waals surface area contributed by atoms with E-state index in [1.165, 1.54) is 18.2 Å². The molecule has 0 saturated heterocycles. The molecule has 0 aromatic heterocycles. The lowest BCUT2D eigenvalue weighted by Gasteiger charge is -2.16. The first-order chi connectivity index (χ1) is 8.00. The molecule has 0 saturated carbocycles. The standard InChI is InChI=1S/C13H20FNO2/c1-9(16)4-3-7-15-10(2)12-8-11(14)5-6-13(12)17/h5-6,8-10,15-17H,3-4,7H2,1-2H3. The van der Waals surface area contributed by atoms with E-state index in [2.05, 4.69) is 5.32 Å². The van der Waals surface area contributed by atoms with Gasteiger partial charge < -0.3 is 15.5 Å². The summed E-state index contributed by atoms with van der Waals surface area (Å²) in [6.07, 6.45) is 1.28. The van der Waals surface area contributed by atoms with Crippen LogP contribution < -0.4 is 5.32 Å². The van der Waals surface area contributed by atoms with Crippen molar-refractivity contribution in [3.8, 4) is 5.75 Å². The lowest BCUT2D eigenvalue weighted by atomic mass is 10.1. The highest BCUT2D eigenvalue weighted by Crippen LogP contribution is 2.24. The van der Waals surface area contributed by atoms with E-state index < -0.39 is 0 Å². The van der Waals surface area contributed by atoms with Gasteiger partial charge in [0, 0.05) is 11.6 Å². The van der Waals surface area contributed by atoms with Crippen LogP contribution in [0.3, 0.4) is 0 Å². The number of hydrogen-bond donors (Lipinski definition) is 3.